The Labute approximate surface area is 94.1 Å². The maximum atomic E-state index is 11.6. The zero-order valence-corrected chi connectivity index (χ0v) is 9.63. The molecule has 0 bridgehead atoms. The second kappa shape index (κ2) is 5.75. The van der Waals surface area contributed by atoms with E-state index in [2.05, 4.69) is 11.9 Å². The molecule has 0 saturated heterocycles. The molecule has 0 radical (unpaired) electrons. The molecule has 0 aromatic carbocycles. The molecule has 1 aromatic rings. The average molecular weight is 230 g/mol. The molecule has 1 rings (SSSR count). The number of nitrogens with two attached hydrogens (primary N) is 1. The first-order valence-electron chi connectivity index (χ1n) is 5.17. The van der Waals surface area contributed by atoms with Gasteiger partial charge in [-0.15, -0.1) is 0 Å². The highest BCUT2D eigenvalue weighted by Gasteiger charge is 2.05. The summed E-state index contributed by atoms with van der Waals surface area (Å²) in [6.45, 7) is 2.81. The maximum absolute atomic E-state index is 11.6. The smallest absolute Gasteiger partial charge is 0.278 e. The molecule has 84 valence electrons. The summed E-state index contributed by atoms with van der Waals surface area (Å²) in [5.41, 5.74) is 5.28. The monoisotopic (exact) mass is 229 g/mol. The van der Waals surface area contributed by atoms with Crippen molar-refractivity contribution < 1.29 is 0 Å². The minimum Gasteiger partial charge on any atom is -0.392 e. The topological polar surface area (TPSA) is 60.9 Å². The third-order valence-corrected chi connectivity index (χ3v) is 2.58. The molecule has 0 fully saturated rings. The minimum absolute atomic E-state index is 0.0367. The summed E-state index contributed by atoms with van der Waals surface area (Å²) < 4.78 is 1.51. The predicted octanol–water partition coefficient (Wildman–Crippen LogP) is 2.06. The van der Waals surface area contributed by atoms with Gasteiger partial charge in [0, 0.05) is 6.54 Å². The molecule has 0 spiro atoms. The summed E-state index contributed by atoms with van der Waals surface area (Å²) in [6.07, 6.45) is 5.90. The number of aromatic nitrogens is 2. The minimum atomic E-state index is -0.244. The third-order valence-electron chi connectivity index (χ3n) is 2.28. The number of nitrogen functional groups attached to an aromatic ring is 1. The third kappa shape index (κ3) is 3.23. The van der Waals surface area contributed by atoms with E-state index in [0.717, 1.165) is 12.8 Å². The van der Waals surface area contributed by atoms with Crippen molar-refractivity contribution in [1.29, 1.82) is 0 Å². The summed E-state index contributed by atoms with van der Waals surface area (Å²) >= 11 is 5.62. The van der Waals surface area contributed by atoms with Gasteiger partial charge in [0.2, 0.25) is 0 Å². The van der Waals surface area contributed by atoms with Gasteiger partial charge in [-0.2, -0.15) is 0 Å². The standard InChI is InChI=1S/C10H16ClN3O/c1-2-3-4-5-6-14-7-13-9(11)8(12)10(14)15/h7H,2-6,12H2,1H3. The van der Waals surface area contributed by atoms with Gasteiger partial charge in [0.25, 0.3) is 5.56 Å². The fourth-order valence-corrected chi connectivity index (χ4v) is 1.48. The molecule has 4 nitrogen and oxygen atoms in total. The Balaban J connectivity index is 2.63. The highest BCUT2D eigenvalue weighted by Crippen LogP contribution is 2.08. The van der Waals surface area contributed by atoms with Gasteiger partial charge in [0.1, 0.15) is 5.69 Å². The van der Waals surface area contributed by atoms with Crippen LogP contribution in [0.2, 0.25) is 5.15 Å². The number of aryl methyl sites for hydroxylation is 1. The maximum Gasteiger partial charge on any atom is 0.278 e. The van der Waals surface area contributed by atoms with Gasteiger partial charge in [-0.1, -0.05) is 37.8 Å². The molecule has 0 unspecified atom stereocenters. The largest absolute Gasteiger partial charge is 0.392 e. The van der Waals surface area contributed by atoms with Crippen molar-refractivity contribution in [3.05, 3.63) is 21.8 Å². The van der Waals surface area contributed by atoms with E-state index in [9.17, 15) is 4.79 Å². The lowest BCUT2D eigenvalue weighted by Crippen LogP contribution is -2.23. The fraction of sp³-hybridized carbons (Fsp3) is 0.600. The first-order valence-corrected chi connectivity index (χ1v) is 5.55. The molecule has 0 aliphatic carbocycles. The van der Waals surface area contributed by atoms with Crippen molar-refractivity contribution in [3.8, 4) is 0 Å². The summed E-state index contributed by atoms with van der Waals surface area (Å²) in [4.78, 5) is 15.4. The fourth-order valence-electron chi connectivity index (χ4n) is 1.35. The van der Waals surface area contributed by atoms with Crippen LogP contribution in [0.3, 0.4) is 0 Å². The van der Waals surface area contributed by atoms with Crippen LogP contribution in [-0.4, -0.2) is 9.55 Å². The Hall–Kier alpha value is -1.03. The van der Waals surface area contributed by atoms with Crippen LogP contribution >= 0.6 is 11.6 Å². The molecule has 1 aromatic heterocycles. The van der Waals surface area contributed by atoms with Gasteiger partial charge in [-0.25, -0.2) is 4.98 Å². The van der Waals surface area contributed by atoms with Gasteiger partial charge in [-0.3, -0.25) is 9.36 Å². The highest BCUT2D eigenvalue weighted by atomic mass is 35.5. The van der Waals surface area contributed by atoms with E-state index in [1.54, 1.807) is 0 Å². The summed E-state index contributed by atoms with van der Waals surface area (Å²) in [5, 5.41) is 0.0878. The van der Waals surface area contributed by atoms with E-state index in [-0.39, 0.29) is 16.4 Å². The molecular formula is C10H16ClN3O. The molecule has 2 N–H and O–H groups in total. The molecule has 0 amide bonds. The number of halogens is 1. The molecule has 0 atom stereocenters. The van der Waals surface area contributed by atoms with Gasteiger partial charge < -0.3 is 5.73 Å². The van der Waals surface area contributed by atoms with Crippen LogP contribution in [0, 0.1) is 0 Å². The number of hydrogen-bond donors (Lipinski definition) is 1. The number of unbranched alkanes of at least 4 members (excludes halogenated alkanes) is 3. The second-order valence-corrected chi connectivity index (χ2v) is 3.87. The summed E-state index contributed by atoms with van der Waals surface area (Å²) in [6, 6.07) is 0. The first-order chi connectivity index (χ1) is 7.16. The van der Waals surface area contributed by atoms with E-state index < -0.39 is 0 Å². The molecule has 0 saturated carbocycles. The molecular weight excluding hydrogens is 214 g/mol. The molecule has 5 heteroatoms. The predicted molar refractivity (Wildman–Crippen MR) is 62.1 cm³/mol. The summed E-state index contributed by atoms with van der Waals surface area (Å²) in [5.74, 6) is 0. The van der Waals surface area contributed by atoms with Crippen molar-refractivity contribution in [1.82, 2.24) is 9.55 Å². The van der Waals surface area contributed by atoms with Crippen LogP contribution in [-0.2, 0) is 6.54 Å². The molecule has 0 aliphatic heterocycles. The Morgan fingerprint density at radius 2 is 2.20 bits per heavy atom. The van der Waals surface area contributed by atoms with E-state index >= 15 is 0 Å². The van der Waals surface area contributed by atoms with Crippen LogP contribution in [0.4, 0.5) is 5.69 Å². The van der Waals surface area contributed by atoms with Crippen molar-refractivity contribution in [2.45, 2.75) is 39.2 Å². The van der Waals surface area contributed by atoms with E-state index in [1.165, 1.54) is 23.7 Å². The van der Waals surface area contributed by atoms with Gasteiger partial charge in [-0.05, 0) is 6.42 Å². The number of rotatable bonds is 5. The van der Waals surface area contributed by atoms with Crippen LogP contribution in [0.1, 0.15) is 32.6 Å². The molecule has 0 aliphatic rings. The van der Waals surface area contributed by atoms with Crippen LogP contribution in [0.5, 0.6) is 0 Å². The zero-order chi connectivity index (χ0) is 11.3. The Bertz CT molecular complexity index is 375. The Morgan fingerprint density at radius 3 is 2.87 bits per heavy atom. The van der Waals surface area contributed by atoms with Gasteiger partial charge >= 0.3 is 0 Å². The van der Waals surface area contributed by atoms with Gasteiger partial charge in [0.05, 0.1) is 6.33 Å². The number of hydrogen-bond acceptors (Lipinski definition) is 3. The SMILES string of the molecule is CCCCCCn1cnc(Cl)c(N)c1=O. The Kier molecular flexibility index (Phi) is 4.62. The first kappa shape index (κ1) is 12.0. The van der Waals surface area contributed by atoms with Crippen molar-refractivity contribution in [3.63, 3.8) is 0 Å². The van der Waals surface area contributed by atoms with E-state index in [4.69, 9.17) is 17.3 Å². The lowest BCUT2D eigenvalue weighted by atomic mass is 10.2. The highest BCUT2D eigenvalue weighted by molar-refractivity contribution is 6.31. The molecule has 1 heterocycles. The second-order valence-electron chi connectivity index (χ2n) is 3.51. The summed E-state index contributed by atoms with van der Waals surface area (Å²) in [7, 11) is 0. The van der Waals surface area contributed by atoms with Crippen molar-refractivity contribution in [2.24, 2.45) is 0 Å². The normalized spacial score (nSPS) is 10.5. The van der Waals surface area contributed by atoms with E-state index in [1.807, 2.05) is 0 Å². The number of nitrogens with zero attached hydrogens (tertiary/aromatic N) is 2. The molecule has 15 heavy (non-hydrogen) atoms. The Morgan fingerprint density at radius 1 is 1.47 bits per heavy atom. The van der Waals surface area contributed by atoms with Crippen LogP contribution < -0.4 is 11.3 Å². The van der Waals surface area contributed by atoms with Crippen LogP contribution in [0.25, 0.3) is 0 Å². The quantitative estimate of drug-likeness (QED) is 0.621. The lowest BCUT2D eigenvalue weighted by molar-refractivity contribution is 0.565. The lowest BCUT2D eigenvalue weighted by Gasteiger charge is -2.05. The average Bonchev–Trinajstić information content (AvgIpc) is 2.24. The number of anilines is 1. The van der Waals surface area contributed by atoms with Crippen molar-refractivity contribution >= 4 is 17.3 Å². The van der Waals surface area contributed by atoms with Gasteiger partial charge in [0.15, 0.2) is 5.15 Å². The van der Waals surface area contributed by atoms with Crippen molar-refractivity contribution in [2.75, 3.05) is 5.73 Å². The van der Waals surface area contributed by atoms with Crippen LogP contribution in [0.15, 0.2) is 11.1 Å². The zero-order valence-electron chi connectivity index (χ0n) is 8.87. The van der Waals surface area contributed by atoms with E-state index in [0.29, 0.717) is 6.54 Å².